The standard InChI is InChI=1S/C15H17FN2O/c16-15-8-12(17)4-3-11(15)9-18(13-5-6-13)10-14-2-1-7-19-14/h1-4,7-8,13H,5-6,9-10,17H2. The van der Waals surface area contributed by atoms with Crippen LogP contribution in [-0.4, -0.2) is 10.9 Å². The summed E-state index contributed by atoms with van der Waals surface area (Å²) in [6, 6.07) is 9.27. The minimum absolute atomic E-state index is 0.231. The summed E-state index contributed by atoms with van der Waals surface area (Å²) < 4.78 is 19.2. The molecule has 0 amide bonds. The highest BCUT2D eigenvalue weighted by Crippen LogP contribution is 2.30. The van der Waals surface area contributed by atoms with E-state index < -0.39 is 0 Å². The lowest BCUT2D eigenvalue weighted by molar-refractivity contribution is 0.222. The van der Waals surface area contributed by atoms with Gasteiger partial charge in [-0.15, -0.1) is 0 Å². The van der Waals surface area contributed by atoms with E-state index in [9.17, 15) is 4.39 Å². The van der Waals surface area contributed by atoms with Crippen LogP contribution in [0.4, 0.5) is 10.1 Å². The van der Waals surface area contributed by atoms with Crippen LogP contribution in [0.25, 0.3) is 0 Å². The zero-order chi connectivity index (χ0) is 13.2. The van der Waals surface area contributed by atoms with Gasteiger partial charge < -0.3 is 10.2 Å². The summed E-state index contributed by atoms with van der Waals surface area (Å²) in [5.41, 5.74) is 6.72. The Labute approximate surface area is 111 Å². The molecule has 3 rings (SSSR count). The normalized spacial score (nSPS) is 15.1. The monoisotopic (exact) mass is 260 g/mol. The van der Waals surface area contributed by atoms with Crippen LogP contribution in [0.3, 0.4) is 0 Å². The first kappa shape index (κ1) is 12.2. The first-order chi connectivity index (χ1) is 9.22. The molecule has 1 aromatic heterocycles. The highest BCUT2D eigenvalue weighted by molar-refractivity contribution is 5.40. The van der Waals surface area contributed by atoms with Gasteiger partial charge in [0.05, 0.1) is 12.8 Å². The van der Waals surface area contributed by atoms with Gasteiger partial charge in [-0.1, -0.05) is 6.07 Å². The minimum atomic E-state index is -0.231. The van der Waals surface area contributed by atoms with E-state index in [2.05, 4.69) is 4.90 Å². The Morgan fingerprint density at radius 2 is 2.11 bits per heavy atom. The van der Waals surface area contributed by atoms with Crippen molar-refractivity contribution in [3.8, 4) is 0 Å². The van der Waals surface area contributed by atoms with Gasteiger partial charge >= 0.3 is 0 Å². The molecule has 0 aliphatic heterocycles. The van der Waals surface area contributed by atoms with Gasteiger partial charge in [-0.2, -0.15) is 0 Å². The van der Waals surface area contributed by atoms with Gasteiger partial charge in [-0.25, -0.2) is 4.39 Å². The molecule has 1 aromatic carbocycles. The van der Waals surface area contributed by atoms with Crippen LogP contribution in [0, 0.1) is 5.82 Å². The van der Waals surface area contributed by atoms with Crippen molar-refractivity contribution in [1.29, 1.82) is 0 Å². The van der Waals surface area contributed by atoms with Crippen molar-refractivity contribution in [2.75, 3.05) is 5.73 Å². The Morgan fingerprint density at radius 3 is 2.74 bits per heavy atom. The number of nitrogens with zero attached hydrogens (tertiary/aromatic N) is 1. The Bertz CT molecular complexity index is 549. The molecule has 0 bridgehead atoms. The number of hydrogen-bond acceptors (Lipinski definition) is 3. The smallest absolute Gasteiger partial charge is 0.129 e. The second-order valence-corrected chi connectivity index (χ2v) is 5.07. The van der Waals surface area contributed by atoms with Gasteiger partial charge in [0.1, 0.15) is 11.6 Å². The molecule has 3 nitrogen and oxygen atoms in total. The lowest BCUT2D eigenvalue weighted by atomic mass is 10.1. The quantitative estimate of drug-likeness (QED) is 0.840. The van der Waals surface area contributed by atoms with Crippen molar-refractivity contribution in [2.45, 2.75) is 32.0 Å². The van der Waals surface area contributed by atoms with E-state index in [1.165, 1.54) is 18.9 Å². The van der Waals surface area contributed by atoms with Gasteiger partial charge in [0, 0.05) is 23.8 Å². The summed E-state index contributed by atoms with van der Waals surface area (Å²) in [5, 5.41) is 0. The highest BCUT2D eigenvalue weighted by Gasteiger charge is 2.30. The molecule has 100 valence electrons. The number of nitrogens with two attached hydrogens (primary N) is 1. The van der Waals surface area contributed by atoms with Gasteiger partial charge in [-0.3, -0.25) is 4.90 Å². The molecule has 1 aliphatic rings. The Kier molecular flexibility index (Phi) is 3.25. The number of halogens is 1. The van der Waals surface area contributed by atoms with Crippen molar-refractivity contribution < 1.29 is 8.81 Å². The fourth-order valence-electron chi connectivity index (χ4n) is 2.27. The molecule has 2 aromatic rings. The molecule has 4 heteroatoms. The Hall–Kier alpha value is -1.81. The lowest BCUT2D eigenvalue weighted by Crippen LogP contribution is -2.25. The van der Waals surface area contributed by atoms with Gasteiger partial charge in [-0.05, 0) is 37.1 Å². The molecule has 0 unspecified atom stereocenters. The SMILES string of the molecule is Nc1ccc(CN(Cc2ccco2)C2CC2)c(F)c1. The fourth-order valence-corrected chi connectivity index (χ4v) is 2.27. The number of nitrogen functional groups attached to an aromatic ring is 1. The molecule has 0 radical (unpaired) electrons. The first-order valence-electron chi connectivity index (χ1n) is 6.53. The summed E-state index contributed by atoms with van der Waals surface area (Å²) >= 11 is 0. The van der Waals surface area contributed by atoms with Crippen LogP contribution in [-0.2, 0) is 13.1 Å². The number of furan rings is 1. The molecule has 2 N–H and O–H groups in total. The third-order valence-electron chi connectivity index (χ3n) is 3.45. The highest BCUT2D eigenvalue weighted by atomic mass is 19.1. The summed E-state index contributed by atoms with van der Waals surface area (Å²) in [4.78, 5) is 2.26. The van der Waals surface area contributed by atoms with Gasteiger partial charge in [0.15, 0.2) is 0 Å². The van der Waals surface area contributed by atoms with E-state index >= 15 is 0 Å². The number of rotatable bonds is 5. The van der Waals surface area contributed by atoms with E-state index in [1.54, 1.807) is 18.4 Å². The van der Waals surface area contributed by atoms with Crippen LogP contribution in [0.1, 0.15) is 24.2 Å². The van der Waals surface area contributed by atoms with Crippen molar-refractivity contribution >= 4 is 5.69 Å². The molecule has 0 atom stereocenters. The lowest BCUT2D eigenvalue weighted by Gasteiger charge is -2.21. The van der Waals surface area contributed by atoms with Gasteiger partial charge in [0.2, 0.25) is 0 Å². The zero-order valence-electron chi connectivity index (χ0n) is 10.7. The van der Waals surface area contributed by atoms with E-state index in [-0.39, 0.29) is 5.82 Å². The van der Waals surface area contributed by atoms with Gasteiger partial charge in [0.25, 0.3) is 0 Å². The molecule has 19 heavy (non-hydrogen) atoms. The Balaban J connectivity index is 1.74. The van der Waals surface area contributed by atoms with E-state index in [0.29, 0.717) is 23.8 Å². The average molecular weight is 260 g/mol. The van der Waals surface area contributed by atoms with Crippen LogP contribution >= 0.6 is 0 Å². The van der Waals surface area contributed by atoms with Crippen molar-refractivity contribution in [1.82, 2.24) is 4.90 Å². The minimum Gasteiger partial charge on any atom is -0.468 e. The average Bonchev–Trinajstić information content (AvgIpc) is 3.10. The number of anilines is 1. The molecule has 1 aliphatic carbocycles. The maximum atomic E-state index is 13.8. The van der Waals surface area contributed by atoms with Crippen LogP contribution in [0.15, 0.2) is 41.0 Å². The van der Waals surface area contributed by atoms with Crippen molar-refractivity contribution in [3.63, 3.8) is 0 Å². The Morgan fingerprint density at radius 1 is 1.26 bits per heavy atom. The molecule has 1 fully saturated rings. The molecule has 0 spiro atoms. The summed E-state index contributed by atoms with van der Waals surface area (Å²) in [5.74, 6) is 0.688. The van der Waals surface area contributed by atoms with E-state index in [1.807, 2.05) is 12.1 Å². The van der Waals surface area contributed by atoms with Crippen molar-refractivity contribution in [3.05, 3.63) is 53.7 Å². The first-order valence-corrected chi connectivity index (χ1v) is 6.53. The number of hydrogen-bond donors (Lipinski definition) is 1. The third kappa shape index (κ3) is 2.96. The maximum absolute atomic E-state index is 13.8. The molecule has 1 heterocycles. The van der Waals surface area contributed by atoms with Crippen LogP contribution in [0.2, 0.25) is 0 Å². The van der Waals surface area contributed by atoms with Crippen LogP contribution in [0.5, 0.6) is 0 Å². The van der Waals surface area contributed by atoms with E-state index in [0.717, 1.165) is 12.3 Å². The fraction of sp³-hybridized carbons (Fsp3) is 0.333. The molecule has 1 saturated carbocycles. The van der Waals surface area contributed by atoms with Crippen LogP contribution < -0.4 is 5.73 Å². The predicted octanol–water partition coefficient (Wildman–Crippen LogP) is 3.17. The summed E-state index contributed by atoms with van der Waals surface area (Å²) in [7, 11) is 0. The maximum Gasteiger partial charge on any atom is 0.129 e. The topological polar surface area (TPSA) is 42.4 Å². The molecular weight excluding hydrogens is 243 g/mol. The molecule has 0 saturated heterocycles. The second-order valence-electron chi connectivity index (χ2n) is 5.07. The summed E-state index contributed by atoms with van der Waals surface area (Å²) in [6.07, 6.45) is 4.03. The number of benzene rings is 1. The molecular formula is C15H17FN2O. The van der Waals surface area contributed by atoms with Crippen molar-refractivity contribution in [2.24, 2.45) is 0 Å². The largest absolute Gasteiger partial charge is 0.468 e. The second kappa shape index (κ2) is 5.05. The third-order valence-corrected chi connectivity index (χ3v) is 3.45. The zero-order valence-corrected chi connectivity index (χ0v) is 10.7. The van der Waals surface area contributed by atoms with E-state index in [4.69, 9.17) is 10.2 Å². The summed E-state index contributed by atoms with van der Waals surface area (Å²) in [6.45, 7) is 1.32. The predicted molar refractivity (Wildman–Crippen MR) is 71.8 cm³/mol.